The second-order valence-corrected chi connectivity index (χ2v) is 14.3. The molecular formula is C18H40OS. The fourth-order valence-electron chi connectivity index (χ4n) is 2.59. The molecule has 1 nitrogen and oxygen atoms in total. The zero-order chi connectivity index (χ0) is 16.2. The summed E-state index contributed by atoms with van der Waals surface area (Å²) in [6.45, 7) is 18.2. The molecule has 0 amide bonds. The van der Waals surface area contributed by atoms with Crippen molar-refractivity contribution in [3.63, 3.8) is 0 Å². The Morgan fingerprint density at radius 3 is 1.70 bits per heavy atom. The molecule has 0 spiro atoms. The standard InChI is InChI=1S/C18H40OS/c1-16(2,3)14-18(7,17(4,5)6)15-19-12-11-13-20(8,9)10/h11-15H2,1-10H3. The molecule has 0 radical (unpaired) electrons. The Kier molecular flexibility index (Phi) is 7.16. The molecule has 0 bridgehead atoms. The lowest BCUT2D eigenvalue weighted by Crippen LogP contribution is -2.40. The molecule has 0 aromatic rings. The van der Waals surface area contributed by atoms with Crippen molar-refractivity contribution in [1.82, 2.24) is 0 Å². The van der Waals surface area contributed by atoms with Crippen LogP contribution in [0.3, 0.4) is 0 Å². The van der Waals surface area contributed by atoms with Gasteiger partial charge >= 0.3 is 0 Å². The smallest absolute Gasteiger partial charge is 0.0524 e. The van der Waals surface area contributed by atoms with Crippen molar-refractivity contribution < 1.29 is 4.74 Å². The average molecular weight is 305 g/mol. The maximum Gasteiger partial charge on any atom is 0.0524 e. The fraction of sp³-hybridized carbons (Fsp3) is 1.00. The van der Waals surface area contributed by atoms with Gasteiger partial charge in [-0.2, -0.15) is 0 Å². The van der Waals surface area contributed by atoms with Crippen LogP contribution in [0.1, 0.15) is 61.3 Å². The molecule has 124 valence electrons. The quantitative estimate of drug-likeness (QED) is 0.558. The van der Waals surface area contributed by atoms with Crippen molar-refractivity contribution >= 4 is 10.0 Å². The molecule has 0 heterocycles. The Bertz CT molecular complexity index is 277. The van der Waals surface area contributed by atoms with Crippen LogP contribution in [0.25, 0.3) is 0 Å². The van der Waals surface area contributed by atoms with E-state index in [2.05, 4.69) is 67.2 Å². The summed E-state index contributed by atoms with van der Waals surface area (Å²) in [5.74, 6) is 1.32. The van der Waals surface area contributed by atoms with Crippen LogP contribution in [0.15, 0.2) is 0 Å². The first-order valence-corrected chi connectivity index (χ1v) is 10.9. The van der Waals surface area contributed by atoms with Crippen molar-refractivity contribution in [1.29, 1.82) is 0 Å². The first-order chi connectivity index (χ1) is 8.66. The average Bonchev–Trinajstić information content (AvgIpc) is 2.10. The zero-order valence-corrected chi connectivity index (χ0v) is 16.7. The van der Waals surface area contributed by atoms with Crippen molar-refractivity contribution in [2.45, 2.75) is 61.3 Å². The molecule has 0 aromatic carbocycles. The van der Waals surface area contributed by atoms with Crippen LogP contribution >= 0.6 is 10.0 Å². The Balaban J connectivity index is 4.41. The van der Waals surface area contributed by atoms with Gasteiger partial charge in [0.15, 0.2) is 0 Å². The first kappa shape index (κ1) is 20.3. The highest BCUT2D eigenvalue weighted by Gasteiger charge is 2.40. The van der Waals surface area contributed by atoms with Gasteiger partial charge in [0, 0.05) is 6.61 Å². The molecule has 0 saturated carbocycles. The van der Waals surface area contributed by atoms with Crippen LogP contribution in [-0.4, -0.2) is 37.7 Å². The van der Waals surface area contributed by atoms with E-state index < -0.39 is 0 Å². The van der Waals surface area contributed by atoms with Gasteiger partial charge in [-0.1, -0.05) is 48.5 Å². The van der Waals surface area contributed by atoms with Gasteiger partial charge < -0.3 is 4.74 Å². The second kappa shape index (κ2) is 7.05. The molecule has 1 unspecified atom stereocenters. The van der Waals surface area contributed by atoms with E-state index in [-0.39, 0.29) is 20.9 Å². The third-order valence-electron chi connectivity index (χ3n) is 4.20. The molecule has 0 fully saturated rings. The van der Waals surface area contributed by atoms with Crippen LogP contribution in [0.5, 0.6) is 0 Å². The van der Waals surface area contributed by atoms with Crippen LogP contribution < -0.4 is 0 Å². The minimum atomic E-state index is -0.377. The van der Waals surface area contributed by atoms with Crippen LogP contribution in [0.2, 0.25) is 0 Å². The van der Waals surface area contributed by atoms with E-state index in [1.54, 1.807) is 0 Å². The molecule has 0 aliphatic heterocycles. The van der Waals surface area contributed by atoms with Crippen LogP contribution in [-0.2, 0) is 4.74 Å². The summed E-state index contributed by atoms with van der Waals surface area (Å²) in [5.41, 5.74) is 0.857. The lowest BCUT2D eigenvalue weighted by Gasteiger charge is -2.45. The predicted octanol–water partition coefficient (Wildman–Crippen LogP) is 5.58. The van der Waals surface area contributed by atoms with Crippen molar-refractivity contribution in [2.24, 2.45) is 16.2 Å². The van der Waals surface area contributed by atoms with Gasteiger partial charge in [-0.05, 0) is 53.6 Å². The number of ether oxygens (including phenoxy) is 1. The van der Waals surface area contributed by atoms with Gasteiger partial charge in [-0.25, -0.2) is 10.0 Å². The van der Waals surface area contributed by atoms with E-state index in [1.165, 1.54) is 18.6 Å². The van der Waals surface area contributed by atoms with E-state index in [1.807, 2.05) is 0 Å². The summed E-state index contributed by atoms with van der Waals surface area (Å²) in [4.78, 5) is 0. The zero-order valence-electron chi connectivity index (χ0n) is 15.9. The molecule has 2 heteroatoms. The molecule has 0 aromatic heterocycles. The second-order valence-electron chi connectivity index (χ2n) is 9.75. The molecule has 0 N–H and O–H groups in total. The van der Waals surface area contributed by atoms with Gasteiger partial charge in [-0.3, -0.25) is 0 Å². The van der Waals surface area contributed by atoms with E-state index in [4.69, 9.17) is 4.74 Å². The molecule has 0 rings (SSSR count). The first-order valence-electron chi connectivity index (χ1n) is 7.90. The van der Waals surface area contributed by atoms with Gasteiger partial charge in [0.1, 0.15) is 0 Å². The highest BCUT2D eigenvalue weighted by Crippen LogP contribution is 2.46. The number of rotatable bonds is 7. The van der Waals surface area contributed by atoms with Gasteiger partial charge in [0.05, 0.1) is 6.61 Å². The lowest BCUT2D eigenvalue weighted by atomic mass is 9.62. The van der Waals surface area contributed by atoms with Crippen molar-refractivity contribution in [2.75, 3.05) is 37.7 Å². The Morgan fingerprint density at radius 2 is 1.35 bits per heavy atom. The normalized spacial score (nSPS) is 17.9. The summed E-state index contributed by atoms with van der Waals surface area (Å²) < 4.78 is 6.08. The SMILES string of the molecule is CC(C)(C)CC(C)(COCCCS(C)(C)C)C(C)(C)C. The minimum Gasteiger partial charge on any atom is -0.381 e. The fourth-order valence-corrected chi connectivity index (χ4v) is 3.58. The molecular weight excluding hydrogens is 264 g/mol. The third kappa shape index (κ3) is 8.56. The monoisotopic (exact) mass is 304 g/mol. The van der Waals surface area contributed by atoms with Gasteiger partial charge in [-0.15, -0.1) is 0 Å². The maximum atomic E-state index is 6.08. The molecule has 0 aliphatic rings. The molecule has 20 heavy (non-hydrogen) atoms. The summed E-state index contributed by atoms with van der Waals surface area (Å²) in [6, 6.07) is 0. The topological polar surface area (TPSA) is 9.23 Å². The van der Waals surface area contributed by atoms with Gasteiger partial charge in [0.25, 0.3) is 0 Å². The number of hydrogen-bond acceptors (Lipinski definition) is 1. The van der Waals surface area contributed by atoms with Crippen molar-refractivity contribution in [3.8, 4) is 0 Å². The predicted molar refractivity (Wildman–Crippen MR) is 97.3 cm³/mol. The van der Waals surface area contributed by atoms with E-state index in [9.17, 15) is 0 Å². The minimum absolute atomic E-state index is 0.236. The summed E-state index contributed by atoms with van der Waals surface area (Å²) in [7, 11) is -0.377. The Morgan fingerprint density at radius 1 is 0.850 bits per heavy atom. The molecule has 0 aliphatic carbocycles. The largest absolute Gasteiger partial charge is 0.381 e. The van der Waals surface area contributed by atoms with Crippen LogP contribution in [0.4, 0.5) is 0 Å². The summed E-state index contributed by atoms with van der Waals surface area (Å²) in [5, 5.41) is 0. The Labute approximate surface area is 130 Å². The van der Waals surface area contributed by atoms with E-state index >= 15 is 0 Å². The summed E-state index contributed by atoms with van der Waals surface area (Å²) in [6.07, 6.45) is 9.55. The maximum absolute atomic E-state index is 6.08. The number of hydrogen-bond donors (Lipinski definition) is 0. The van der Waals surface area contributed by atoms with Crippen LogP contribution in [0, 0.1) is 16.2 Å². The third-order valence-corrected chi connectivity index (χ3v) is 5.71. The van der Waals surface area contributed by atoms with Crippen molar-refractivity contribution in [3.05, 3.63) is 0 Å². The Hall–Kier alpha value is 0.310. The lowest BCUT2D eigenvalue weighted by molar-refractivity contribution is -0.0379. The summed E-state index contributed by atoms with van der Waals surface area (Å²) >= 11 is 0. The highest BCUT2D eigenvalue weighted by molar-refractivity contribution is 8.32. The highest BCUT2D eigenvalue weighted by atomic mass is 32.3. The van der Waals surface area contributed by atoms with Gasteiger partial charge in [0.2, 0.25) is 0 Å². The molecule has 0 saturated heterocycles. The molecule has 1 atom stereocenters. The van der Waals surface area contributed by atoms with E-state index in [0.717, 1.165) is 13.2 Å². The van der Waals surface area contributed by atoms with E-state index in [0.29, 0.717) is 5.41 Å².